The minimum absolute atomic E-state index is 0.211. The topological polar surface area (TPSA) is 112 Å². The molecule has 0 saturated heterocycles. The molecular formula is C28H23N5O4. The predicted molar refractivity (Wildman–Crippen MR) is 140 cm³/mol. The van der Waals surface area contributed by atoms with E-state index in [1.54, 1.807) is 16.8 Å². The van der Waals surface area contributed by atoms with Gasteiger partial charge in [0.05, 0.1) is 28.6 Å². The van der Waals surface area contributed by atoms with Crippen molar-refractivity contribution in [2.24, 2.45) is 0 Å². The Hall–Kier alpha value is -5.05. The third-order valence-electron chi connectivity index (χ3n) is 5.78. The van der Waals surface area contributed by atoms with Crippen molar-refractivity contribution in [2.45, 2.75) is 20.8 Å². The van der Waals surface area contributed by atoms with Crippen molar-refractivity contribution in [1.82, 2.24) is 14.6 Å². The van der Waals surface area contributed by atoms with E-state index in [2.05, 4.69) is 15.4 Å². The number of fused-ring (bicyclic) bond motifs is 1. The summed E-state index contributed by atoms with van der Waals surface area (Å²) in [6.07, 6.45) is 3.05. The molecule has 0 atom stereocenters. The molecule has 5 rings (SSSR count). The van der Waals surface area contributed by atoms with E-state index in [1.165, 1.54) is 18.3 Å². The molecule has 0 unspecified atom stereocenters. The van der Waals surface area contributed by atoms with Crippen LogP contribution in [0.5, 0.6) is 11.5 Å². The Labute approximate surface area is 212 Å². The number of rotatable bonds is 6. The monoisotopic (exact) mass is 493 g/mol. The summed E-state index contributed by atoms with van der Waals surface area (Å²) < 4.78 is 7.50. The molecule has 0 radical (unpaired) electrons. The molecule has 5 aromatic rings. The fourth-order valence-electron chi connectivity index (χ4n) is 4.14. The summed E-state index contributed by atoms with van der Waals surface area (Å²) in [5, 5.41) is 18.7. The second-order valence-corrected chi connectivity index (χ2v) is 8.84. The summed E-state index contributed by atoms with van der Waals surface area (Å²) in [5.74, 6) is 0.279. The zero-order valence-corrected chi connectivity index (χ0v) is 20.4. The van der Waals surface area contributed by atoms with E-state index in [-0.39, 0.29) is 22.7 Å². The van der Waals surface area contributed by atoms with E-state index < -0.39 is 10.8 Å². The number of nitro groups is 1. The van der Waals surface area contributed by atoms with Gasteiger partial charge in [0.2, 0.25) is 0 Å². The molecule has 37 heavy (non-hydrogen) atoms. The average molecular weight is 494 g/mol. The molecule has 0 spiro atoms. The molecule has 0 aliphatic carbocycles. The van der Waals surface area contributed by atoms with Crippen molar-refractivity contribution in [3.63, 3.8) is 0 Å². The van der Waals surface area contributed by atoms with Gasteiger partial charge in [-0.2, -0.15) is 5.10 Å². The average Bonchev–Trinajstić information content (AvgIpc) is 3.28. The molecule has 2 aromatic heterocycles. The Balaban J connectivity index is 1.46. The minimum Gasteiger partial charge on any atom is -0.457 e. The zero-order chi connectivity index (χ0) is 26.1. The lowest BCUT2D eigenvalue weighted by molar-refractivity contribution is -0.384. The fourth-order valence-corrected chi connectivity index (χ4v) is 4.14. The van der Waals surface area contributed by atoms with Gasteiger partial charge in [0.25, 0.3) is 11.6 Å². The Bertz CT molecular complexity index is 1640. The number of non-ortho nitro benzene ring substituents is 1. The standard InChI is InChI=1S/C28H23N5O4/c1-17-4-6-20(7-5-17)26-8-9-29-27-25(16-30-32(26)27)28(34)31-21-13-22(33(35)36)15-24(14-21)37-23-11-18(2)10-19(3)12-23/h4-16H,1-3H3,(H,31,34). The van der Waals surface area contributed by atoms with Crippen LogP contribution in [0.4, 0.5) is 11.4 Å². The highest BCUT2D eigenvalue weighted by Gasteiger charge is 2.19. The Morgan fingerprint density at radius 3 is 2.32 bits per heavy atom. The first-order chi connectivity index (χ1) is 17.8. The normalized spacial score (nSPS) is 10.9. The maximum Gasteiger partial charge on any atom is 0.275 e. The number of anilines is 1. The van der Waals surface area contributed by atoms with Gasteiger partial charge < -0.3 is 10.1 Å². The van der Waals surface area contributed by atoms with E-state index in [4.69, 9.17) is 4.74 Å². The van der Waals surface area contributed by atoms with E-state index in [0.717, 1.165) is 27.9 Å². The Kier molecular flexibility index (Phi) is 6.10. The third-order valence-corrected chi connectivity index (χ3v) is 5.78. The summed E-state index contributed by atoms with van der Waals surface area (Å²) in [7, 11) is 0. The number of ether oxygens (including phenoxy) is 1. The molecule has 0 aliphatic heterocycles. The summed E-state index contributed by atoms with van der Waals surface area (Å²) in [6.45, 7) is 5.88. The Morgan fingerprint density at radius 1 is 0.919 bits per heavy atom. The first-order valence-electron chi connectivity index (χ1n) is 11.5. The van der Waals surface area contributed by atoms with E-state index >= 15 is 0 Å². The summed E-state index contributed by atoms with van der Waals surface area (Å²) in [4.78, 5) is 28.6. The van der Waals surface area contributed by atoms with Gasteiger partial charge in [0.1, 0.15) is 17.1 Å². The van der Waals surface area contributed by atoms with Gasteiger partial charge in [-0.05, 0) is 50.1 Å². The van der Waals surface area contributed by atoms with Crippen molar-refractivity contribution < 1.29 is 14.5 Å². The molecule has 2 heterocycles. The highest BCUT2D eigenvalue weighted by Crippen LogP contribution is 2.31. The first kappa shape index (κ1) is 23.7. The summed E-state index contributed by atoms with van der Waals surface area (Å²) in [5.41, 5.74) is 5.45. The second-order valence-electron chi connectivity index (χ2n) is 8.84. The number of aryl methyl sites for hydroxylation is 3. The van der Waals surface area contributed by atoms with Gasteiger partial charge in [-0.1, -0.05) is 35.9 Å². The molecule has 1 N–H and O–H groups in total. The van der Waals surface area contributed by atoms with Crippen LogP contribution in [0.1, 0.15) is 27.0 Å². The molecular weight excluding hydrogens is 470 g/mol. The number of aromatic nitrogens is 3. The molecule has 3 aromatic carbocycles. The van der Waals surface area contributed by atoms with Gasteiger partial charge in [0.15, 0.2) is 5.65 Å². The molecule has 0 bridgehead atoms. The van der Waals surface area contributed by atoms with Crippen LogP contribution in [0, 0.1) is 30.9 Å². The SMILES string of the molecule is Cc1ccc(-c2ccnc3c(C(=O)Nc4cc(Oc5cc(C)cc(C)c5)cc([N+](=O)[O-])c4)cnn23)cc1. The highest BCUT2D eigenvalue weighted by molar-refractivity contribution is 6.08. The fraction of sp³-hybridized carbons (Fsp3) is 0.107. The summed E-state index contributed by atoms with van der Waals surface area (Å²) in [6, 6.07) is 19.6. The smallest absolute Gasteiger partial charge is 0.275 e. The number of carbonyl (C=O) groups is 1. The largest absolute Gasteiger partial charge is 0.457 e. The van der Waals surface area contributed by atoms with Crippen molar-refractivity contribution in [3.05, 3.63) is 111 Å². The number of nitro benzene ring substituents is 1. The highest BCUT2D eigenvalue weighted by atomic mass is 16.6. The molecule has 9 heteroatoms. The lowest BCUT2D eigenvalue weighted by atomic mass is 10.1. The van der Waals surface area contributed by atoms with E-state index in [1.807, 2.05) is 69.3 Å². The first-order valence-corrected chi connectivity index (χ1v) is 11.5. The minimum atomic E-state index is -0.533. The van der Waals surface area contributed by atoms with Crippen molar-refractivity contribution in [3.8, 4) is 22.8 Å². The molecule has 0 fully saturated rings. The van der Waals surface area contributed by atoms with Gasteiger partial charge in [-0.15, -0.1) is 0 Å². The van der Waals surface area contributed by atoms with Crippen LogP contribution in [-0.4, -0.2) is 25.4 Å². The van der Waals surface area contributed by atoms with Crippen molar-refractivity contribution in [2.75, 3.05) is 5.32 Å². The van der Waals surface area contributed by atoms with Crippen LogP contribution in [0.3, 0.4) is 0 Å². The maximum atomic E-state index is 13.2. The van der Waals surface area contributed by atoms with Crippen LogP contribution in [0.2, 0.25) is 0 Å². The molecule has 0 saturated carbocycles. The van der Waals surface area contributed by atoms with Gasteiger partial charge in [0, 0.05) is 23.9 Å². The molecule has 0 aliphatic rings. The molecule has 9 nitrogen and oxygen atoms in total. The second kappa shape index (κ2) is 9.54. The van der Waals surface area contributed by atoms with Crippen LogP contribution in [-0.2, 0) is 0 Å². The van der Waals surface area contributed by atoms with Gasteiger partial charge >= 0.3 is 0 Å². The number of amides is 1. The van der Waals surface area contributed by atoms with Gasteiger partial charge in [-0.3, -0.25) is 14.9 Å². The van der Waals surface area contributed by atoms with E-state index in [9.17, 15) is 14.9 Å². The van der Waals surface area contributed by atoms with Crippen LogP contribution < -0.4 is 10.1 Å². The maximum absolute atomic E-state index is 13.2. The molecule has 184 valence electrons. The number of hydrogen-bond donors (Lipinski definition) is 1. The molecule has 1 amide bonds. The number of nitrogens with one attached hydrogen (secondary N) is 1. The quantitative estimate of drug-likeness (QED) is 0.220. The third kappa shape index (κ3) is 5.01. The van der Waals surface area contributed by atoms with E-state index in [0.29, 0.717) is 11.4 Å². The van der Waals surface area contributed by atoms with Crippen LogP contribution >= 0.6 is 0 Å². The number of benzene rings is 3. The predicted octanol–water partition coefficient (Wildman–Crippen LogP) is 6.27. The lowest BCUT2D eigenvalue weighted by Gasteiger charge is -2.10. The van der Waals surface area contributed by atoms with Gasteiger partial charge in [-0.25, -0.2) is 9.50 Å². The number of carbonyl (C=O) groups excluding carboxylic acids is 1. The van der Waals surface area contributed by atoms with Crippen LogP contribution in [0.25, 0.3) is 16.9 Å². The summed E-state index contributed by atoms with van der Waals surface area (Å²) >= 11 is 0. The van der Waals surface area contributed by atoms with Crippen molar-refractivity contribution >= 4 is 22.9 Å². The number of hydrogen-bond acceptors (Lipinski definition) is 6. The zero-order valence-electron chi connectivity index (χ0n) is 20.4. The Morgan fingerprint density at radius 2 is 1.62 bits per heavy atom. The van der Waals surface area contributed by atoms with Crippen molar-refractivity contribution in [1.29, 1.82) is 0 Å². The lowest BCUT2D eigenvalue weighted by Crippen LogP contribution is -2.12. The number of nitrogens with zero attached hydrogens (tertiary/aromatic N) is 4. The van der Waals surface area contributed by atoms with Crippen LogP contribution in [0.15, 0.2) is 79.1 Å².